The molecule has 1 aliphatic rings. The van der Waals surface area contributed by atoms with Gasteiger partial charge < -0.3 is 15.0 Å². The first-order valence-electron chi connectivity index (χ1n) is 7.26. The van der Waals surface area contributed by atoms with Crippen LogP contribution in [0.3, 0.4) is 0 Å². The second kappa shape index (κ2) is 5.22. The maximum absolute atomic E-state index is 5.93. The molecular weight excluding hydrogens is 262 g/mol. The number of pyridine rings is 1. The second-order valence-electron chi connectivity index (χ2n) is 5.40. The van der Waals surface area contributed by atoms with E-state index >= 15 is 0 Å². The smallest absolute Gasteiger partial charge is 0.137 e. The van der Waals surface area contributed by atoms with Crippen molar-refractivity contribution in [2.75, 3.05) is 6.54 Å². The van der Waals surface area contributed by atoms with Crippen LogP contribution in [0.15, 0.2) is 48.8 Å². The minimum atomic E-state index is 0.228. The number of H-pyrrole nitrogens is 1. The Bertz CT molecular complexity index is 740. The number of aromatic nitrogens is 2. The van der Waals surface area contributed by atoms with E-state index in [4.69, 9.17) is 4.74 Å². The molecule has 0 spiro atoms. The summed E-state index contributed by atoms with van der Waals surface area (Å²) in [4.78, 5) is 7.50. The van der Waals surface area contributed by atoms with Gasteiger partial charge in [-0.05, 0) is 29.3 Å². The van der Waals surface area contributed by atoms with E-state index in [9.17, 15) is 0 Å². The molecule has 4 heteroatoms. The molecule has 4 nitrogen and oxygen atoms in total. The summed E-state index contributed by atoms with van der Waals surface area (Å²) in [6, 6.07) is 12.3. The molecule has 1 atom stereocenters. The number of nitrogens with one attached hydrogen (secondary N) is 2. The van der Waals surface area contributed by atoms with Gasteiger partial charge in [-0.2, -0.15) is 0 Å². The maximum Gasteiger partial charge on any atom is 0.137 e. The highest BCUT2D eigenvalue weighted by atomic mass is 16.5. The molecule has 2 N–H and O–H groups in total. The third kappa shape index (κ3) is 2.38. The molecule has 0 saturated heterocycles. The molecule has 0 radical (unpaired) electrons. The molecule has 3 aromatic rings. The third-order valence-corrected chi connectivity index (χ3v) is 3.94. The summed E-state index contributed by atoms with van der Waals surface area (Å²) in [6.07, 6.45) is 5.04. The van der Waals surface area contributed by atoms with Crippen LogP contribution in [0, 0.1) is 0 Å². The summed E-state index contributed by atoms with van der Waals surface area (Å²) in [5.74, 6) is 1.03. The van der Waals surface area contributed by atoms with Gasteiger partial charge in [0.1, 0.15) is 17.5 Å². The molecule has 0 saturated carbocycles. The quantitative estimate of drug-likeness (QED) is 0.772. The van der Waals surface area contributed by atoms with Crippen LogP contribution < -0.4 is 10.1 Å². The van der Waals surface area contributed by atoms with Crippen molar-refractivity contribution in [1.82, 2.24) is 15.3 Å². The van der Waals surface area contributed by atoms with Gasteiger partial charge in [-0.1, -0.05) is 18.2 Å². The van der Waals surface area contributed by atoms with Crippen LogP contribution in [-0.2, 0) is 13.0 Å². The summed E-state index contributed by atoms with van der Waals surface area (Å²) < 4.78 is 5.93. The Kier molecular flexibility index (Phi) is 3.09. The van der Waals surface area contributed by atoms with E-state index in [2.05, 4.69) is 33.5 Å². The van der Waals surface area contributed by atoms with Crippen LogP contribution in [0.5, 0.6) is 5.75 Å². The summed E-state index contributed by atoms with van der Waals surface area (Å²) in [5.41, 5.74) is 3.49. The fraction of sp³-hybridized carbons (Fsp3) is 0.235. The van der Waals surface area contributed by atoms with Crippen molar-refractivity contribution in [3.8, 4) is 5.75 Å². The lowest BCUT2D eigenvalue weighted by Crippen LogP contribution is -2.29. The summed E-state index contributed by atoms with van der Waals surface area (Å²) in [7, 11) is 0. The molecule has 106 valence electrons. The number of aromatic amines is 1. The second-order valence-corrected chi connectivity index (χ2v) is 5.40. The van der Waals surface area contributed by atoms with E-state index in [-0.39, 0.29) is 6.10 Å². The molecule has 1 unspecified atom stereocenters. The van der Waals surface area contributed by atoms with Gasteiger partial charge in [0.2, 0.25) is 0 Å². The highest BCUT2D eigenvalue weighted by Crippen LogP contribution is 2.27. The molecule has 21 heavy (non-hydrogen) atoms. The van der Waals surface area contributed by atoms with E-state index < -0.39 is 0 Å². The zero-order valence-electron chi connectivity index (χ0n) is 11.7. The van der Waals surface area contributed by atoms with Gasteiger partial charge in [-0.3, -0.25) is 0 Å². The predicted octanol–water partition coefficient (Wildman–Crippen LogP) is 2.66. The van der Waals surface area contributed by atoms with Crippen LogP contribution in [0.2, 0.25) is 0 Å². The van der Waals surface area contributed by atoms with Gasteiger partial charge in [0.25, 0.3) is 0 Å². The predicted molar refractivity (Wildman–Crippen MR) is 82.4 cm³/mol. The van der Waals surface area contributed by atoms with Crippen molar-refractivity contribution in [2.24, 2.45) is 0 Å². The van der Waals surface area contributed by atoms with Crippen LogP contribution >= 0.6 is 0 Å². The van der Waals surface area contributed by atoms with Crippen molar-refractivity contribution in [2.45, 2.75) is 19.1 Å². The van der Waals surface area contributed by atoms with Crippen LogP contribution in [0.25, 0.3) is 11.0 Å². The summed E-state index contributed by atoms with van der Waals surface area (Å²) >= 11 is 0. The van der Waals surface area contributed by atoms with Gasteiger partial charge in [0, 0.05) is 37.3 Å². The first-order valence-corrected chi connectivity index (χ1v) is 7.26. The Labute approximate surface area is 123 Å². The largest absolute Gasteiger partial charge is 0.488 e. The molecular formula is C17H17N3O. The minimum Gasteiger partial charge on any atom is -0.488 e. The normalized spacial score (nSPS) is 16.9. The summed E-state index contributed by atoms with van der Waals surface area (Å²) in [5, 5.41) is 4.67. The Morgan fingerprint density at radius 1 is 1.24 bits per heavy atom. The lowest BCUT2D eigenvalue weighted by atomic mass is 10.1. The van der Waals surface area contributed by atoms with Gasteiger partial charge >= 0.3 is 0 Å². The van der Waals surface area contributed by atoms with E-state index in [1.54, 1.807) is 6.20 Å². The molecule has 0 aliphatic carbocycles. The standard InChI is InChI=1S/C17H17N3O/c1-2-6-16-12(4-1)8-14(21-16)11-18-9-13-10-20-17-15(13)5-3-7-19-17/h1-7,10,14,18H,8-9,11H2,(H,19,20). The van der Waals surface area contributed by atoms with Gasteiger partial charge in [0.15, 0.2) is 0 Å². The fourth-order valence-corrected chi connectivity index (χ4v) is 2.89. The number of benzene rings is 1. The highest BCUT2D eigenvalue weighted by molar-refractivity contribution is 5.79. The highest BCUT2D eigenvalue weighted by Gasteiger charge is 2.21. The van der Waals surface area contributed by atoms with E-state index in [1.807, 2.05) is 24.4 Å². The molecule has 4 rings (SSSR count). The number of hydrogen-bond donors (Lipinski definition) is 2. The number of para-hydroxylation sites is 1. The van der Waals surface area contributed by atoms with Crippen molar-refractivity contribution < 1.29 is 4.74 Å². The Morgan fingerprint density at radius 2 is 2.19 bits per heavy atom. The van der Waals surface area contributed by atoms with E-state index in [0.717, 1.165) is 30.9 Å². The number of fused-ring (bicyclic) bond motifs is 2. The number of ether oxygens (including phenoxy) is 1. The Morgan fingerprint density at radius 3 is 3.14 bits per heavy atom. The SMILES string of the molecule is c1ccc2c(c1)CC(CNCc1c[nH]c3ncccc13)O2. The number of rotatable bonds is 4. The zero-order chi connectivity index (χ0) is 14.1. The molecule has 1 aliphatic heterocycles. The first kappa shape index (κ1) is 12.4. The third-order valence-electron chi connectivity index (χ3n) is 3.94. The van der Waals surface area contributed by atoms with Crippen molar-refractivity contribution >= 4 is 11.0 Å². The molecule has 0 bridgehead atoms. The number of hydrogen-bond acceptors (Lipinski definition) is 3. The lowest BCUT2D eigenvalue weighted by Gasteiger charge is -2.11. The topological polar surface area (TPSA) is 49.9 Å². The number of nitrogens with zero attached hydrogens (tertiary/aromatic N) is 1. The van der Waals surface area contributed by atoms with Crippen LogP contribution in [0.4, 0.5) is 0 Å². The van der Waals surface area contributed by atoms with Gasteiger partial charge in [0.05, 0.1) is 0 Å². The minimum absolute atomic E-state index is 0.228. The molecule has 1 aromatic carbocycles. The molecule has 3 heterocycles. The average Bonchev–Trinajstić information content (AvgIpc) is 3.11. The Balaban J connectivity index is 1.37. The molecule has 2 aromatic heterocycles. The van der Waals surface area contributed by atoms with E-state index in [1.165, 1.54) is 16.5 Å². The molecule has 0 amide bonds. The lowest BCUT2D eigenvalue weighted by molar-refractivity contribution is 0.227. The zero-order valence-corrected chi connectivity index (χ0v) is 11.7. The molecule has 0 fully saturated rings. The van der Waals surface area contributed by atoms with Crippen LogP contribution in [0.1, 0.15) is 11.1 Å². The fourth-order valence-electron chi connectivity index (χ4n) is 2.89. The van der Waals surface area contributed by atoms with Crippen molar-refractivity contribution in [3.63, 3.8) is 0 Å². The monoisotopic (exact) mass is 279 g/mol. The van der Waals surface area contributed by atoms with Crippen molar-refractivity contribution in [3.05, 3.63) is 59.9 Å². The van der Waals surface area contributed by atoms with Crippen molar-refractivity contribution in [1.29, 1.82) is 0 Å². The maximum atomic E-state index is 5.93. The Hall–Kier alpha value is -2.33. The van der Waals surface area contributed by atoms with Crippen LogP contribution in [-0.4, -0.2) is 22.6 Å². The summed E-state index contributed by atoms with van der Waals surface area (Å²) in [6.45, 7) is 1.67. The van der Waals surface area contributed by atoms with Gasteiger partial charge in [-0.25, -0.2) is 4.98 Å². The average molecular weight is 279 g/mol. The van der Waals surface area contributed by atoms with Gasteiger partial charge in [-0.15, -0.1) is 0 Å². The van der Waals surface area contributed by atoms with E-state index in [0.29, 0.717) is 0 Å². The first-order chi connectivity index (χ1) is 10.4.